The van der Waals surface area contributed by atoms with Crippen molar-refractivity contribution in [3.63, 3.8) is 0 Å². The fourth-order valence-electron chi connectivity index (χ4n) is 2.61. The normalized spacial score (nSPS) is 35.6. The second-order valence-corrected chi connectivity index (χ2v) is 5.09. The Hall–Kier alpha value is -0.0800. The summed E-state index contributed by atoms with van der Waals surface area (Å²) in [6.07, 6.45) is 5.98. The van der Waals surface area contributed by atoms with Crippen LogP contribution in [0.25, 0.3) is 0 Å². The third-order valence-electron chi connectivity index (χ3n) is 3.56. The van der Waals surface area contributed by atoms with E-state index in [1.165, 1.54) is 12.8 Å². The van der Waals surface area contributed by atoms with Crippen molar-refractivity contribution in [2.75, 3.05) is 6.61 Å². The molecule has 0 aliphatic heterocycles. The third kappa shape index (κ3) is 2.96. The molecule has 0 saturated heterocycles. The van der Waals surface area contributed by atoms with Crippen LogP contribution in [0, 0.1) is 5.92 Å². The van der Waals surface area contributed by atoms with Crippen LogP contribution in [0.1, 0.15) is 52.9 Å². The fourth-order valence-corrected chi connectivity index (χ4v) is 2.61. The lowest BCUT2D eigenvalue weighted by atomic mass is 9.76. The SMILES string of the molecule is CCC(C)NC1(CO)CCCC(C)C1. The summed E-state index contributed by atoms with van der Waals surface area (Å²) in [5.74, 6) is 0.757. The molecular weight excluding hydrogens is 174 g/mol. The van der Waals surface area contributed by atoms with E-state index < -0.39 is 0 Å². The summed E-state index contributed by atoms with van der Waals surface area (Å²) in [6.45, 7) is 6.98. The quantitative estimate of drug-likeness (QED) is 0.728. The molecule has 1 aliphatic carbocycles. The van der Waals surface area contributed by atoms with Gasteiger partial charge < -0.3 is 10.4 Å². The van der Waals surface area contributed by atoms with Gasteiger partial charge in [0.1, 0.15) is 0 Å². The maximum Gasteiger partial charge on any atom is 0.0613 e. The predicted octanol–water partition coefficient (Wildman–Crippen LogP) is 2.32. The summed E-state index contributed by atoms with van der Waals surface area (Å²) >= 11 is 0. The van der Waals surface area contributed by atoms with Crippen LogP contribution >= 0.6 is 0 Å². The zero-order valence-corrected chi connectivity index (χ0v) is 9.84. The van der Waals surface area contributed by atoms with Crippen molar-refractivity contribution < 1.29 is 5.11 Å². The second kappa shape index (κ2) is 5.13. The van der Waals surface area contributed by atoms with Crippen LogP contribution in [0.15, 0.2) is 0 Å². The number of hydrogen-bond acceptors (Lipinski definition) is 2. The summed E-state index contributed by atoms with van der Waals surface area (Å²) in [5, 5.41) is 13.2. The smallest absolute Gasteiger partial charge is 0.0613 e. The Kier molecular flexibility index (Phi) is 4.39. The van der Waals surface area contributed by atoms with Gasteiger partial charge in [0, 0.05) is 11.6 Å². The van der Waals surface area contributed by atoms with Gasteiger partial charge in [0.15, 0.2) is 0 Å². The Morgan fingerprint density at radius 3 is 2.79 bits per heavy atom. The molecule has 1 fully saturated rings. The molecule has 3 atom stereocenters. The van der Waals surface area contributed by atoms with E-state index in [2.05, 4.69) is 26.1 Å². The molecule has 0 aromatic rings. The third-order valence-corrected chi connectivity index (χ3v) is 3.56. The van der Waals surface area contributed by atoms with E-state index in [4.69, 9.17) is 0 Å². The average molecular weight is 199 g/mol. The topological polar surface area (TPSA) is 32.3 Å². The van der Waals surface area contributed by atoms with Crippen LogP contribution < -0.4 is 5.32 Å². The first kappa shape index (κ1) is 12.0. The van der Waals surface area contributed by atoms with Crippen LogP contribution in [0.2, 0.25) is 0 Å². The van der Waals surface area contributed by atoms with E-state index in [0.717, 1.165) is 25.2 Å². The molecule has 0 aromatic carbocycles. The van der Waals surface area contributed by atoms with Gasteiger partial charge in [-0.25, -0.2) is 0 Å². The molecule has 3 unspecified atom stereocenters. The van der Waals surface area contributed by atoms with E-state index >= 15 is 0 Å². The number of hydrogen-bond donors (Lipinski definition) is 2. The molecule has 14 heavy (non-hydrogen) atoms. The van der Waals surface area contributed by atoms with Crippen molar-refractivity contribution in [3.05, 3.63) is 0 Å². The summed E-state index contributed by atoms with van der Waals surface area (Å²) in [6, 6.07) is 0.521. The molecule has 0 bridgehead atoms. The highest BCUT2D eigenvalue weighted by Crippen LogP contribution is 2.32. The highest BCUT2D eigenvalue weighted by atomic mass is 16.3. The molecule has 0 amide bonds. The van der Waals surface area contributed by atoms with Gasteiger partial charge in [-0.3, -0.25) is 0 Å². The molecule has 0 heterocycles. The van der Waals surface area contributed by atoms with Gasteiger partial charge in [0.05, 0.1) is 6.61 Å². The van der Waals surface area contributed by atoms with E-state index in [9.17, 15) is 5.11 Å². The highest BCUT2D eigenvalue weighted by Gasteiger charge is 2.34. The summed E-state index contributed by atoms with van der Waals surface area (Å²) in [7, 11) is 0. The van der Waals surface area contributed by atoms with Crippen molar-refractivity contribution in [1.29, 1.82) is 0 Å². The zero-order valence-electron chi connectivity index (χ0n) is 9.84. The first-order valence-electron chi connectivity index (χ1n) is 6.00. The lowest BCUT2D eigenvalue weighted by molar-refractivity contribution is 0.0898. The van der Waals surface area contributed by atoms with Gasteiger partial charge >= 0.3 is 0 Å². The van der Waals surface area contributed by atoms with Crippen LogP contribution in [-0.2, 0) is 0 Å². The summed E-state index contributed by atoms with van der Waals surface area (Å²) in [5.41, 5.74) is 0.0209. The monoisotopic (exact) mass is 199 g/mol. The highest BCUT2D eigenvalue weighted by molar-refractivity contribution is 4.93. The number of nitrogens with one attached hydrogen (secondary N) is 1. The van der Waals surface area contributed by atoms with Crippen LogP contribution in [0.4, 0.5) is 0 Å². The van der Waals surface area contributed by atoms with Gasteiger partial charge in [-0.2, -0.15) is 0 Å². The molecular formula is C12H25NO. The molecule has 1 saturated carbocycles. The number of aliphatic hydroxyl groups excluding tert-OH is 1. The molecule has 1 rings (SSSR count). The minimum atomic E-state index is 0.0209. The van der Waals surface area contributed by atoms with Crippen molar-refractivity contribution in [3.8, 4) is 0 Å². The maximum absolute atomic E-state index is 9.54. The fraction of sp³-hybridized carbons (Fsp3) is 1.00. The summed E-state index contributed by atoms with van der Waals surface area (Å²) in [4.78, 5) is 0. The van der Waals surface area contributed by atoms with Gasteiger partial charge in [-0.05, 0) is 32.1 Å². The Bertz CT molecular complexity index is 172. The molecule has 2 N–H and O–H groups in total. The Balaban J connectivity index is 2.55. The van der Waals surface area contributed by atoms with Crippen molar-refractivity contribution in [2.45, 2.75) is 64.5 Å². The van der Waals surface area contributed by atoms with Gasteiger partial charge in [-0.15, -0.1) is 0 Å². The Labute approximate surface area is 88.1 Å². The largest absolute Gasteiger partial charge is 0.394 e. The van der Waals surface area contributed by atoms with E-state index in [-0.39, 0.29) is 5.54 Å². The van der Waals surface area contributed by atoms with Crippen LogP contribution in [-0.4, -0.2) is 23.3 Å². The molecule has 0 radical (unpaired) electrons. The van der Waals surface area contributed by atoms with Crippen molar-refractivity contribution >= 4 is 0 Å². The van der Waals surface area contributed by atoms with Gasteiger partial charge in [-0.1, -0.05) is 26.7 Å². The lowest BCUT2D eigenvalue weighted by Gasteiger charge is -2.41. The molecule has 0 spiro atoms. The standard InChI is InChI=1S/C12H25NO/c1-4-11(3)13-12(9-14)7-5-6-10(2)8-12/h10-11,13-14H,4-9H2,1-3H3. The van der Waals surface area contributed by atoms with Crippen LogP contribution in [0.5, 0.6) is 0 Å². The molecule has 1 aliphatic rings. The number of aliphatic hydroxyl groups is 1. The zero-order chi connectivity index (χ0) is 10.6. The van der Waals surface area contributed by atoms with Gasteiger partial charge in [0.2, 0.25) is 0 Å². The Morgan fingerprint density at radius 1 is 1.57 bits per heavy atom. The predicted molar refractivity (Wildman–Crippen MR) is 60.3 cm³/mol. The van der Waals surface area contributed by atoms with Gasteiger partial charge in [0.25, 0.3) is 0 Å². The Morgan fingerprint density at radius 2 is 2.29 bits per heavy atom. The first-order valence-corrected chi connectivity index (χ1v) is 6.00. The molecule has 84 valence electrons. The van der Waals surface area contributed by atoms with Crippen molar-refractivity contribution in [1.82, 2.24) is 5.32 Å². The number of rotatable bonds is 4. The molecule has 0 aromatic heterocycles. The molecule has 2 nitrogen and oxygen atoms in total. The average Bonchev–Trinajstić information content (AvgIpc) is 2.17. The van der Waals surface area contributed by atoms with E-state index in [1.807, 2.05) is 0 Å². The van der Waals surface area contributed by atoms with Crippen molar-refractivity contribution in [2.24, 2.45) is 5.92 Å². The van der Waals surface area contributed by atoms with Crippen LogP contribution in [0.3, 0.4) is 0 Å². The molecule has 2 heteroatoms. The minimum absolute atomic E-state index is 0.0209. The van der Waals surface area contributed by atoms with E-state index in [0.29, 0.717) is 12.6 Å². The minimum Gasteiger partial charge on any atom is -0.394 e. The first-order chi connectivity index (χ1) is 6.62. The van der Waals surface area contributed by atoms with E-state index in [1.54, 1.807) is 0 Å². The maximum atomic E-state index is 9.54. The lowest BCUT2D eigenvalue weighted by Crippen LogP contribution is -2.54. The second-order valence-electron chi connectivity index (χ2n) is 5.09. The summed E-state index contributed by atoms with van der Waals surface area (Å²) < 4.78 is 0.